The zero-order valence-electron chi connectivity index (χ0n) is 29.6. The smallest absolute Gasteiger partial charge is 0.137 e. The first-order valence-electron chi connectivity index (χ1n) is 18.5. The fourth-order valence-electron chi connectivity index (χ4n) is 12.2. The van der Waals surface area contributed by atoms with Crippen LogP contribution < -0.4 is 0 Å². The molecule has 9 atom stereocenters. The van der Waals surface area contributed by atoms with E-state index in [1.807, 2.05) is 12.1 Å². The molecule has 49 heavy (non-hydrogen) atoms. The van der Waals surface area contributed by atoms with E-state index in [2.05, 4.69) is 57.0 Å². The van der Waals surface area contributed by atoms with Crippen molar-refractivity contribution in [2.75, 3.05) is 46.9 Å². The highest BCUT2D eigenvalue weighted by Gasteiger charge is 2.65. The monoisotopic (exact) mass is 664 g/mol. The van der Waals surface area contributed by atoms with E-state index in [1.165, 1.54) is 33.7 Å². The number of aromatic nitrogens is 2. The topological polar surface area (TPSA) is 112 Å². The minimum Gasteiger partial charge on any atom is -0.507 e. The van der Waals surface area contributed by atoms with Gasteiger partial charge in [-0.15, -0.1) is 0 Å². The van der Waals surface area contributed by atoms with Crippen LogP contribution in [0.5, 0.6) is 11.5 Å². The standard InChI is InChI=1S/C41H50N4O4/c1-6-22-12-14-45(5)29-17-25-35-27(42-39(25)41(45)33(22)26(29)20-47)8-10-31(48)37(35)38-32(49)11-9-28-36(38)34-24(13-15-46)19-44(4)18-23(7-2)21(3)16-30(44)40(34)43-28/h6-11,21,24,26,29-30,33,41-43,46-47H,12-20H2,1-5H3/p+2/b22-6-,23-7-/t21?,24-,26-,29-,30-,33?,41-,44?,45?/m0/s1. The number of aliphatic hydroxyl groups is 2. The molecule has 5 aliphatic heterocycles. The van der Waals surface area contributed by atoms with Crippen molar-refractivity contribution in [1.82, 2.24) is 9.97 Å². The number of nitrogens with zero attached hydrogens (tertiary/aromatic N) is 2. The SMILES string of the molecule is C/C=C1/CC[N+]2(C)[C@@H]3c4[nH]c5ccc(O)c(-c6c(O)ccc7[nH]c8c(c67)[C@@H](CCO)C[N+]6(C)C/C(=C/C)C(C)C[C@@H]86)c5c4C[C@H]2[C@H](CO)C13. The van der Waals surface area contributed by atoms with E-state index >= 15 is 0 Å². The molecule has 0 amide bonds. The van der Waals surface area contributed by atoms with Crippen LogP contribution in [0.4, 0.5) is 0 Å². The summed E-state index contributed by atoms with van der Waals surface area (Å²) in [4.78, 5) is 7.74. The van der Waals surface area contributed by atoms with Gasteiger partial charge in [-0.25, -0.2) is 0 Å². The zero-order chi connectivity index (χ0) is 34.1. The van der Waals surface area contributed by atoms with Gasteiger partial charge in [0.05, 0.1) is 51.2 Å². The van der Waals surface area contributed by atoms with Crippen LogP contribution in [-0.2, 0) is 6.42 Å². The lowest BCUT2D eigenvalue weighted by Gasteiger charge is -2.52. The Bertz CT molecular complexity index is 2090. The number of quaternary nitrogens is 2. The van der Waals surface area contributed by atoms with Gasteiger partial charge >= 0.3 is 0 Å². The highest BCUT2D eigenvalue weighted by Crippen LogP contribution is 2.62. The van der Waals surface area contributed by atoms with Gasteiger partial charge in [0.2, 0.25) is 0 Å². The maximum atomic E-state index is 11.9. The van der Waals surface area contributed by atoms with Gasteiger partial charge in [-0.2, -0.15) is 0 Å². The Morgan fingerprint density at radius 3 is 2.24 bits per heavy atom. The molecule has 4 aromatic rings. The summed E-state index contributed by atoms with van der Waals surface area (Å²) in [6.07, 6.45) is 8.14. The van der Waals surface area contributed by atoms with Crippen LogP contribution in [0.1, 0.15) is 80.6 Å². The van der Waals surface area contributed by atoms with Crippen LogP contribution in [0.3, 0.4) is 0 Å². The molecule has 2 aromatic carbocycles. The molecule has 0 spiro atoms. The number of allylic oxidation sites excluding steroid dienone is 2. The number of fused-ring (bicyclic) bond motifs is 8. The number of aliphatic hydroxyl groups excluding tert-OH is 2. The van der Waals surface area contributed by atoms with Gasteiger partial charge in [-0.05, 0) is 67.2 Å². The number of hydrogen-bond donors (Lipinski definition) is 6. The lowest BCUT2D eigenvalue weighted by atomic mass is 9.76. The summed E-state index contributed by atoms with van der Waals surface area (Å²) in [5.41, 5.74) is 11.2. The maximum Gasteiger partial charge on any atom is 0.137 e. The molecule has 4 unspecified atom stereocenters. The number of nitrogens with one attached hydrogen (secondary N) is 2. The molecule has 8 nitrogen and oxygen atoms in total. The zero-order valence-corrected chi connectivity index (χ0v) is 29.6. The normalized spacial score (nSPS) is 36.4. The van der Waals surface area contributed by atoms with Crippen LogP contribution in [0.25, 0.3) is 32.9 Å². The first-order chi connectivity index (χ1) is 23.6. The Kier molecular flexibility index (Phi) is 6.88. The second kappa shape index (κ2) is 10.7. The minimum absolute atomic E-state index is 0.0931. The number of piperidine rings is 2. The Balaban J connectivity index is 1.30. The molecule has 2 aromatic heterocycles. The molecule has 258 valence electrons. The molecule has 9 rings (SSSR count). The molecule has 6 N–H and O–H groups in total. The number of rotatable bonds is 4. The van der Waals surface area contributed by atoms with E-state index in [4.69, 9.17) is 0 Å². The Labute approximate surface area is 288 Å². The van der Waals surface area contributed by atoms with Gasteiger partial charge < -0.3 is 39.4 Å². The molecule has 5 aliphatic rings. The number of phenolic OH excluding ortho intramolecular Hbond substituents is 2. The van der Waals surface area contributed by atoms with Crippen molar-refractivity contribution in [3.8, 4) is 22.6 Å². The van der Waals surface area contributed by atoms with E-state index in [0.717, 1.165) is 69.7 Å². The van der Waals surface area contributed by atoms with Crippen molar-refractivity contribution in [3.05, 3.63) is 70.1 Å². The first-order valence-corrected chi connectivity index (χ1v) is 18.5. The largest absolute Gasteiger partial charge is 0.507 e. The summed E-state index contributed by atoms with van der Waals surface area (Å²) in [6, 6.07) is 8.32. The third-order valence-corrected chi connectivity index (χ3v) is 14.4. The molecule has 0 radical (unpaired) electrons. The fourth-order valence-corrected chi connectivity index (χ4v) is 12.2. The number of aromatic amines is 2. The van der Waals surface area contributed by atoms with E-state index in [-0.39, 0.29) is 60.6 Å². The Morgan fingerprint density at radius 1 is 0.898 bits per heavy atom. The average molecular weight is 665 g/mol. The molecule has 0 saturated carbocycles. The van der Waals surface area contributed by atoms with Crippen LogP contribution in [0.2, 0.25) is 0 Å². The van der Waals surface area contributed by atoms with Crippen LogP contribution in [0.15, 0.2) is 47.6 Å². The van der Waals surface area contributed by atoms with Gasteiger partial charge in [0.15, 0.2) is 0 Å². The van der Waals surface area contributed by atoms with Crippen molar-refractivity contribution >= 4 is 21.8 Å². The summed E-state index contributed by atoms with van der Waals surface area (Å²) in [6.45, 7) is 9.88. The highest BCUT2D eigenvalue weighted by atomic mass is 16.3. The minimum atomic E-state index is 0.0931. The molecular formula is C41H52N4O4+2. The summed E-state index contributed by atoms with van der Waals surface area (Å²) in [5, 5.41) is 47.0. The lowest BCUT2D eigenvalue weighted by molar-refractivity contribution is -0.956. The third-order valence-electron chi connectivity index (χ3n) is 14.4. The fraction of sp³-hybridized carbons (Fsp3) is 0.512. The van der Waals surface area contributed by atoms with Gasteiger partial charge in [-0.1, -0.05) is 24.6 Å². The van der Waals surface area contributed by atoms with Gasteiger partial charge in [0.1, 0.15) is 30.1 Å². The van der Waals surface area contributed by atoms with Crippen molar-refractivity contribution in [1.29, 1.82) is 0 Å². The van der Waals surface area contributed by atoms with Gasteiger partial charge in [0.25, 0.3) is 0 Å². The second-order valence-corrected chi connectivity index (χ2v) is 16.6. The highest BCUT2D eigenvalue weighted by molar-refractivity contribution is 6.11. The second-order valence-electron chi connectivity index (χ2n) is 16.6. The molecular weight excluding hydrogens is 612 g/mol. The van der Waals surface area contributed by atoms with Crippen molar-refractivity contribution in [2.24, 2.45) is 17.8 Å². The summed E-state index contributed by atoms with van der Waals surface area (Å²) in [5.74, 6) is 1.37. The van der Waals surface area contributed by atoms with E-state index in [0.29, 0.717) is 23.5 Å². The number of phenols is 2. The predicted octanol–water partition coefficient (Wildman–Crippen LogP) is 6.68. The number of aromatic hydroxyl groups is 2. The van der Waals surface area contributed by atoms with Crippen LogP contribution in [0, 0.1) is 17.8 Å². The molecule has 3 fully saturated rings. The van der Waals surface area contributed by atoms with Crippen molar-refractivity contribution in [2.45, 2.75) is 70.5 Å². The average Bonchev–Trinajstić information content (AvgIpc) is 3.65. The molecule has 4 bridgehead atoms. The van der Waals surface area contributed by atoms with Gasteiger partial charge in [0, 0.05) is 76.6 Å². The summed E-state index contributed by atoms with van der Waals surface area (Å²) >= 11 is 0. The van der Waals surface area contributed by atoms with E-state index in [9.17, 15) is 20.4 Å². The number of H-pyrrole nitrogens is 2. The van der Waals surface area contributed by atoms with E-state index in [1.54, 1.807) is 12.1 Å². The van der Waals surface area contributed by atoms with Crippen LogP contribution >= 0.6 is 0 Å². The molecule has 0 aliphatic carbocycles. The first kappa shape index (κ1) is 31.4. The lowest BCUT2D eigenvalue weighted by Crippen LogP contribution is -2.56. The molecule has 3 saturated heterocycles. The number of benzene rings is 2. The Hall–Kier alpha value is -3.56. The Morgan fingerprint density at radius 2 is 1.57 bits per heavy atom. The summed E-state index contributed by atoms with van der Waals surface area (Å²) in [7, 11) is 4.76. The number of hydrogen-bond acceptors (Lipinski definition) is 4. The molecule has 8 heteroatoms. The van der Waals surface area contributed by atoms with E-state index < -0.39 is 0 Å². The predicted molar refractivity (Wildman–Crippen MR) is 193 cm³/mol. The van der Waals surface area contributed by atoms with Gasteiger partial charge in [-0.3, -0.25) is 0 Å². The van der Waals surface area contributed by atoms with Crippen molar-refractivity contribution < 1.29 is 29.4 Å². The molecule has 7 heterocycles. The number of likely N-dealkylation sites (N-methyl/N-ethyl adjacent to an activating group) is 2. The van der Waals surface area contributed by atoms with Crippen LogP contribution in [-0.4, -0.2) is 92.3 Å². The maximum absolute atomic E-state index is 11.9. The van der Waals surface area contributed by atoms with Crippen molar-refractivity contribution in [3.63, 3.8) is 0 Å². The summed E-state index contributed by atoms with van der Waals surface area (Å²) < 4.78 is 1.85. The third kappa shape index (κ3) is 4.00. The quantitative estimate of drug-likeness (QED) is 0.108.